The second-order valence-corrected chi connectivity index (χ2v) is 11.0. The molecule has 1 saturated heterocycles. The van der Waals surface area contributed by atoms with Crippen LogP contribution in [-0.2, 0) is 23.0 Å². The van der Waals surface area contributed by atoms with Crippen molar-refractivity contribution < 1.29 is 17.9 Å². The van der Waals surface area contributed by atoms with E-state index in [9.17, 15) is 13.2 Å². The quantitative estimate of drug-likeness (QED) is 0.538. The molecule has 2 aliphatic heterocycles. The van der Waals surface area contributed by atoms with Crippen LogP contribution in [0.25, 0.3) is 11.2 Å². The summed E-state index contributed by atoms with van der Waals surface area (Å²) in [4.78, 5) is 25.0. The molecule has 5 rings (SSSR count). The van der Waals surface area contributed by atoms with Crippen molar-refractivity contribution in [2.45, 2.75) is 51.0 Å². The SMILES string of the molecule is CCOc1ccc(S(=O)(=O)N2CCN(C(=O)c3cc(C)nc4c3nc3n4CCCCC3)CC2)cc1. The fourth-order valence-corrected chi connectivity index (χ4v) is 6.33. The van der Waals surface area contributed by atoms with E-state index in [1.165, 1.54) is 10.7 Å². The van der Waals surface area contributed by atoms with E-state index in [1.807, 2.05) is 13.8 Å². The standard InChI is InChI=1S/C25H31N5O4S/c1-3-34-19-8-10-20(11-9-19)35(32,33)29-15-13-28(14-16-29)25(31)21-17-18(2)26-24-23(21)27-22-7-5-4-6-12-30(22)24/h8-11,17H,3-7,12-16H2,1-2H3. The second-order valence-electron chi connectivity index (χ2n) is 9.07. The Morgan fingerprint density at radius 3 is 2.46 bits per heavy atom. The summed E-state index contributed by atoms with van der Waals surface area (Å²) in [6, 6.07) is 8.27. The van der Waals surface area contributed by atoms with Crippen molar-refractivity contribution in [3.05, 3.63) is 47.4 Å². The normalized spacial score (nSPS) is 17.3. The zero-order valence-corrected chi connectivity index (χ0v) is 21.1. The number of aryl methyl sites for hydroxylation is 3. The van der Waals surface area contributed by atoms with E-state index in [4.69, 9.17) is 14.7 Å². The number of piperazine rings is 1. The van der Waals surface area contributed by atoms with E-state index in [-0.39, 0.29) is 23.9 Å². The van der Waals surface area contributed by atoms with Gasteiger partial charge >= 0.3 is 0 Å². The number of carbonyl (C=O) groups is 1. The van der Waals surface area contributed by atoms with Crippen molar-refractivity contribution in [1.29, 1.82) is 0 Å². The maximum atomic E-state index is 13.5. The number of imidazole rings is 1. The number of aromatic nitrogens is 3. The first-order valence-corrected chi connectivity index (χ1v) is 13.7. The summed E-state index contributed by atoms with van der Waals surface area (Å²) < 4.78 is 35.3. The molecule has 0 N–H and O–H groups in total. The van der Waals surface area contributed by atoms with Crippen molar-refractivity contribution in [1.82, 2.24) is 23.7 Å². The highest BCUT2D eigenvalue weighted by Gasteiger charge is 2.32. The van der Waals surface area contributed by atoms with Gasteiger partial charge in [0.25, 0.3) is 5.91 Å². The van der Waals surface area contributed by atoms with E-state index in [0.29, 0.717) is 36.5 Å². The fraction of sp³-hybridized carbons (Fsp3) is 0.480. The van der Waals surface area contributed by atoms with Gasteiger partial charge < -0.3 is 14.2 Å². The summed E-state index contributed by atoms with van der Waals surface area (Å²) >= 11 is 0. The first-order valence-electron chi connectivity index (χ1n) is 12.3. The van der Waals surface area contributed by atoms with Crippen LogP contribution in [-0.4, -0.2) is 70.9 Å². The van der Waals surface area contributed by atoms with Crippen LogP contribution in [0.3, 0.4) is 0 Å². The molecule has 0 spiro atoms. The largest absolute Gasteiger partial charge is 0.494 e. The first kappa shape index (κ1) is 23.7. The van der Waals surface area contributed by atoms with Gasteiger partial charge in [0.05, 0.1) is 17.1 Å². The molecular weight excluding hydrogens is 466 g/mol. The highest BCUT2D eigenvalue weighted by Crippen LogP contribution is 2.26. The Morgan fingerprint density at radius 2 is 1.74 bits per heavy atom. The van der Waals surface area contributed by atoms with Crippen LogP contribution in [0.2, 0.25) is 0 Å². The highest BCUT2D eigenvalue weighted by atomic mass is 32.2. The number of sulfonamides is 1. The number of fused-ring (bicyclic) bond motifs is 3. The average Bonchev–Trinajstić information content (AvgIpc) is 3.04. The van der Waals surface area contributed by atoms with Gasteiger partial charge in [-0.15, -0.1) is 0 Å². The molecule has 4 heterocycles. The fourth-order valence-electron chi connectivity index (χ4n) is 4.90. The number of amides is 1. The number of nitrogens with zero attached hydrogens (tertiary/aromatic N) is 5. The van der Waals surface area contributed by atoms with Crippen molar-refractivity contribution in [2.24, 2.45) is 0 Å². The third-order valence-electron chi connectivity index (χ3n) is 6.72. The molecule has 2 aliphatic rings. The Kier molecular flexibility index (Phi) is 6.50. The minimum Gasteiger partial charge on any atom is -0.494 e. The molecule has 0 aliphatic carbocycles. The number of hydrogen-bond donors (Lipinski definition) is 0. The van der Waals surface area contributed by atoms with Crippen LogP contribution < -0.4 is 4.74 Å². The Hall–Kier alpha value is -2.98. The predicted octanol–water partition coefficient (Wildman–Crippen LogP) is 3.01. The van der Waals surface area contributed by atoms with Crippen LogP contribution in [0.1, 0.15) is 48.1 Å². The van der Waals surface area contributed by atoms with Gasteiger partial charge in [-0.05, 0) is 57.0 Å². The van der Waals surface area contributed by atoms with Crippen LogP contribution in [0.4, 0.5) is 0 Å². The van der Waals surface area contributed by atoms with Crippen molar-refractivity contribution >= 4 is 27.1 Å². The molecule has 1 aromatic carbocycles. The summed E-state index contributed by atoms with van der Waals surface area (Å²) in [5.41, 5.74) is 2.77. The maximum Gasteiger partial charge on any atom is 0.256 e. The molecule has 0 unspecified atom stereocenters. The first-order chi connectivity index (χ1) is 16.9. The summed E-state index contributed by atoms with van der Waals surface area (Å²) in [5, 5.41) is 0. The Morgan fingerprint density at radius 1 is 1.00 bits per heavy atom. The van der Waals surface area contributed by atoms with E-state index >= 15 is 0 Å². The molecule has 9 nitrogen and oxygen atoms in total. The molecular formula is C25H31N5O4S. The van der Waals surface area contributed by atoms with Gasteiger partial charge in [0.15, 0.2) is 5.65 Å². The Bertz CT molecular complexity index is 1340. The van der Waals surface area contributed by atoms with Crippen LogP contribution in [0, 0.1) is 6.92 Å². The summed E-state index contributed by atoms with van der Waals surface area (Å²) in [5.74, 6) is 1.51. The van der Waals surface area contributed by atoms with Gasteiger partial charge in [0, 0.05) is 44.8 Å². The summed E-state index contributed by atoms with van der Waals surface area (Å²) in [6.45, 7) is 6.31. The molecule has 1 amide bonds. The molecule has 35 heavy (non-hydrogen) atoms. The van der Waals surface area contributed by atoms with Crippen LogP contribution in [0.15, 0.2) is 35.2 Å². The molecule has 10 heteroatoms. The Labute approximate surface area is 205 Å². The molecule has 1 fully saturated rings. The number of ether oxygens (including phenoxy) is 1. The molecule has 0 atom stereocenters. The van der Waals surface area contributed by atoms with Gasteiger partial charge in [-0.25, -0.2) is 18.4 Å². The van der Waals surface area contributed by atoms with E-state index in [1.54, 1.807) is 35.2 Å². The Balaban J connectivity index is 1.34. The number of hydrogen-bond acceptors (Lipinski definition) is 6. The van der Waals surface area contributed by atoms with Crippen molar-refractivity contribution in [2.75, 3.05) is 32.8 Å². The lowest BCUT2D eigenvalue weighted by Crippen LogP contribution is -2.50. The topological polar surface area (TPSA) is 97.6 Å². The van der Waals surface area contributed by atoms with Gasteiger partial charge in [-0.3, -0.25) is 4.79 Å². The third-order valence-corrected chi connectivity index (χ3v) is 8.63. The lowest BCUT2D eigenvalue weighted by Gasteiger charge is -2.34. The van der Waals surface area contributed by atoms with Crippen LogP contribution >= 0.6 is 0 Å². The van der Waals surface area contributed by atoms with Gasteiger partial charge in [-0.2, -0.15) is 4.31 Å². The van der Waals surface area contributed by atoms with E-state index in [2.05, 4.69) is 4.57 Å². The van der Waals surface area contributed by atoms with E-state index in [0.717, 1.165) is 43.0 Å². The molecule has 0 bridgehead atoms. The van der Waals surface area contributed by atoms with Gasteiger partial charge in [0.2, 0.25) is 10.0 Å². The second kappa shape index (κ2) is 9.58. The van der Waals surface area contributed by atoms with E-state index < -0.39 is 10.0 Å². The van der Waals surface area contributed by atoms with Gasteiger partial charge in [0.1, 0.15) is 17.1 Å². The minimum atomic E-state index is -3.64. The number of carbonyl (C=O) groups excluding carboxylic acids is 1. The molecule has 3 aromatic rings. The van der Waals surface area contributed by atoms with Crippen molar-refractivity contribution in [3.63, 3.8) is 0 Å². The zero-order valence-electron chi connectivity index (χ0n) is 20.2. The molecule has 0 radical (unpaired) electrons. The number of rotatable bonds is 5. The van der Waals surface area contributed by atoms with Gasteiger partial charge in [-0.1, -0.05) is 6.42 Å². The summed E-state index contributed by atoms with van der Waals surface area (Å²) in [6.07, 6.45) is 4.25. The lowest BCUT2D eigenvalue weighted by molar-refractivity contribution is 0.0699. The molecule has 0 saturated carbocycles. The minimum absolute atomic E-state index is 0.119. The zero-order chi connectivity index (χ0) is 24.6. The monoisotopic (exact) mass is 497 g/mol. The predicted molar refractivity (Wildman–Crippen MR) is 132 cm³/mol. The molecule has 2 aromatic heterocycles. The maximum absolute atomic E-state index is 13.5. The number of pyridine rings is 1. The summed E-state index contributed by atoms with van der Waals surface area (Å²) in [7, 11) is -3.64. The highest BCUT2D eigenvalue weighted by molar-refractivity contribution is 7.89. The smallest absolute Gasteiger partial charge is 0.256 e. The molecule has 186 valence electrons. The third kappa shape index (κ3) is 4.52. The van der Waals surface area contributed by atoms with Crippen molar-refractivity contribution in [3.8, 4) is 5.75 Å². The lowest BCUT2D eigenvalue weighted by atomic mass is 10.1. The average molecular weight is 498 g/mol. The van der Waals surface area contributed by atoms with Crippen LogP contribution in [0.5, 0.6) is 5.75 Å². The number of benzene rings is 1.